The lowest BCUT2D eigenvalue weighted by Crippen LogP contribution is -2.58. The molecule has 1 rings (SSSR count). The summed E-state index contributed by atoms with van der Waals surface area (Å²) < 4.78 is 0. The molecule has 1 aliphatic carbocycles. The summed E-state index contributed by atoms with van der Waals surface area (Å²) in [4.78, 5) is 12.4. The van der Waals surface area contributed by atoms with Crippen LogP contribution in [-0.4, -0.2) is 23.0 Å². The van der Waals surface area contributed by atoms with Crippen LogP contribution in [0.2, 0.25) is 0 Å². The summed E-state index contributed by atoms with van der Waals surface area (Å²) in [5.41, 5.74) is 4.93. The minimum atomic E-state index is -0.785. The molecule has 19 heavy (non-hydrogen) atoms. The number of amidine groups is 1. The molecule has 110 valence electrons. The molecule has 1 fully saturated rings. The molecule has 5 nitrogen and oxygen atoms in total. The Balaban J connectivity index is 2.55. The molecule has 0 heterocycles. The van der Waals surface area contributed by atoms with Crippen LogP contribution in [0.5, 0.6) is 0 Å². The molecule has 1 unspecified atom stereocenters. The number of amides is 1. The van der Waals surface area contributed by atoms with Crippen LogP contribution in [0.15, 0.2) is 5.16 Å². The van der Waals surface area contributed by atoms with Crippen molar-refractivity contribution in [2.75, 3.05) is 0 Å². The second kappa shape index (κ2) is 6.78. The molecule has 5 heteroatoms. The summed E-state index contributed by atoms with van der Waals surface area (Å²) in [5.74, 6) is 0.398. The summed E-state index contributed by atoms with van der Waals surface area (Å²) >= 11 is 0. The van der Waals surface area contributed by atoms with Gasteiger partial charge in [0.15, 0.2) is 5.84 Å². The van der Waals surface area contributed by atoms with Gasteiger partial charge < -0.3 is 16.3 Å². The van der Waals surface area contributed by atoms with Gasteiger partial charge in [0.1, 0.15) is 5.41 Å². The molecule has 0 radical (unpaired) electrons. The number of carbonyl (C=O) groups is 1. The van der Waals surface area contributed by atoms with Crippen molar-refractivity contribution in [3.05, 3.63) is 0 Å². The van der Waals surface area contributed by atoms with Crippen LogP contribution in [0, 0.1) is 11.3 Å². The van der Waals surface area contributed by atoms with E-state index in [1.165, 1.54) is 12.8 Å². The van der Waals surface area contributed by atoms with E-state index in [9.17, 15) is 4.79 Å². The highest BCUT2D eigenvalue weighted by atomic mass is 16.4. The molecule has 0 spiro atoms. The SMILES string of the molecule is CCCCCC(C)NC(=O)C1(C(N)=NO)CC(C)C1. The van der Waals surface area contributed by atoms with Crippen LogP contribution >= 0.6 is 0 Å². The van der Waals surface area contributed by atoms with Crippen molar-refractivity contribution in [1.29, 1.82) is 0 Å². The summed E-state index contributed by atoms with van der Waals surface area (Å²) in [6.07, 6.45) is 5.77. The van der Waals surface area contributed by atoms with Gasteiger partial charge >= 0.3 is 0 Å². The maximum absolute atomic E-state index is 12.4. The normalized spacial score (nSPS) is 28.6. The van der Waals surface area contributed by atoms with Crippen LogP contribution in [-0.2, 0) is 4.79 Å². The van der Waals surface area contributed by atoms with E-state index < -0.39 is 5.41 Å². The number of oxime groups is 1. The highest BCUT2D eigenvalue weighted by molar-refractivity contribution is 6.07. The fourth-order valence-electron chi connectivity index (χ4n) is 2.87. The maximum atomic E-state index is 12.4. The largest absolute Gasteiger partial charge is 0.409 e. The lowest BCUT2D eigenvalue weighted by atomic mass is 9.61. The quantitative estimate of drug-likeness (QED) is 0.218. The fraction of sp³-hybridized carbons (Fsp3) is 0.857. The molecule has 0 aromatic carbocycles. The van der Waals surface area contributed by atoms with Crippen LogP contribution in [0.4, 0.5) is 0 Å². The van der Waals surface area contributed by atoms with Crippen molar-refractivity contribution in [2.24, 2.45) is 22.2 Å². The highest BCUT2D eigenvalue weighted by Crippen LogP contribution is 2.45. The fourth-order valence-corrected chi connectivity index (χ4v) is 2.87. The van der Waals surface area contributed by atoms with Gasteiger partial charge in [-0.3, -0.25) is 4.79 Å². The van der Waals surface area contributed by atoms with Crippen LogP contribution < -0.4 is 11.1 Å². The van der Waals surface area contributed by atoms with E-state index in [1.54, 1.807) is 0 Å². The second-order valence-electron chi connectivity index (χ2n) is 5.95. The van der Waals surface area contributed by atoms with Crippen LogP contribution in [0.25, 0.3) is 0 Å². The summed E-state index contributed by atoms with van der Waals surface area (Å²) in [6, 6.07) is 0.137. The average Bonchev–Trinajstić information content (AvgIpc) is 2.33. The topological polar surface area (TPSA) is 87.7 Å². The van der Waals surface area contributed by atoms with Gasteiger partial charge in [0.05, 0.1) is 0 Å². The number of nitrogens with zero attached hydrogens (tertiary/aromatic N) is 1. The molecular weight excluding hydrogens is 242 g/mol. The lowest BCUT2D eigenvalue weighted by Gasteiger charge is -2.44. The zero-order chi connectivity index (χ0) is 14.5. The number of hydrogen-bond acceptors (Lipinski definition) is 3. The average molecular weight is 269 g/mol. The molecule has 0 aromatic rings. The Kier molecular flexibility index (Phi) is 5.63. The van der Waals surface area contributed by atoms with E-state index >= 15 is 0 Å². The Hall–Kier alpha value is -1.26. The monoisotopic (exact) mass is 269 g/mol. The van der Waals surface area contributed by atoms with Crippen LogP contribution in [0.3, 0.4) is 0 Å². The Labute approximate surface area is 115 Å². The Morgan fingerprint density at radius 2 is 2.16 bits per heavy atom. The number of carbonyl (C=O) groups excluding carboxylic acids is 1. The van der Waals surface area contributed by atoms with Crippen molar-refractivity contribution >= 4 is 11.7 Å². The molecule has 0 aromatic heterocycles. The zero-order valence-corrected chi connectivity index (χ0v) is 12.3. The first-order valence-corrected chi connectivity index (χ1v) is 7.25. The molecule has 0 bridgehead atoms. The Bertz CT molecular complexity index is 336. The van der Waals surface area contributed by atoms with E-state index in [2.05, 4.69) is 24.3 Å². The number of nitrogens with one attached hydrogen (secondary N) is 1. The van der Waals surface area contributed by atoms with Crippen molar-refractivity contribution in [1.82, 2.24) is 5.32 Å². The molecule has 4 N–H and O–H groups in total. The van der Waals surface area contributed by atoms with E-state index in [0.717, 1.165) is 12.8 Å². The molecule has 1 amide bonds. The van der Waals surface area contributed by atoms with E-state index in [0.29, 0.717) is 18.8 Å². The minimum absolute atomic E-state index is 0.0452. The predicted molar refractivity (Wildman–Crippen MR) is 76.0 cm³/mol. The van der Waals surface area contributed by atoms with Crippen molar-refractivity contribution < 1.29 is 10.0 Å². The zero-order valence-electron chi connectivity index (χ0n) is 12.3. The Morgan fingerprint density at radius 3 is 2.63 bits per heavy atom. The molecule has 0 saturated heterocycles. The molecular formula is C14H27N3O2. The van der Waals surface area contributed by atoms with Gasteiger partial charge in [-0.2, -0.15) is 0 Å². The first kappa shape index (κ1) is 15.8. The standard InChI is InChI=1S/C14H27N3O2/c1-4-5-6-7-11(3)16-13(18)14(12(15)17-19)8-10(2)9-14/h10-11,19H,4-9H2,1-3H3,(H2,15,17)(H,16,18). The van der Waals surface area contributed by atoms with E-state index in [4.69, 9.17) is 10.9 Å². The highest BCUT2D eigenvalue weighted by Gasteiger charge is 2.52. The maximum Gasteiger partial charge on any atom is 0.234 e. The third-order valence-corrected chi connectivity index (χ3v) is 4.04. The number of nitrogens with two attached hydrogens (primary N) is 1. The smallest absolute Gasteiger partial charge is 0.234 e. The summed E-state index contributed by atoms with van der Waals surface area (Å²) in [7, 11) is 0. The van der Waals surface area contributed by atoms with Crippen LogP contribution in [0.1, 0.15) is 59.3 Å². The third kappa shape index (κ3) is 3.61. The van der Waals surface area contributed by atoms with Gasteiger partial charge in [-0.25, -0.2) is 0 Å². The lowest BCUT2D eigenvalue weighted by molar-refractivity contribution is -0.133. The van der Waals surface area contributed by atoms with Gasteiger partial charge in [0.25, 0.3) is 0 Å². The number of hydrogen-bond donors (Lipinski definition) is 3. The van der Waals surface area contributed by atoms with Gasteiger partial charge in [0, 0.05) is 6.04 Å². The van der Waals surface area contributed by atoms with E-state index in [-0.39, 0.29) is 17.8 Å². The van der Waals surface area contributed by atoms with Gasteiger partial charge in [-0.15, -0.1) is 0 Å². The first-order valence-electron chi connectivity index (χ1n) is 7.25. The molecule has 1 atom stereocenters. The van der Waals surface area contributed by atoms with Crippen molar-refractivity contribution in [3.63, 3.8) is 0 Å². The summed E-state index contributed by atoms with van der Waals surface area (Å²) in [5, 5.41) is 14.9. The van der Waals surface area contributed by atoms with Gasteiger partial charge in [-0.1, -0.05) is 38.3 Å². The Morgan fingerprint density at radius 1 is 1.53 bits per heavy atom. The third-order valence-electron chi connectivity index (χ3n) is 4.04. The first-order chi connectivity index (χ1) is 8.96. The molecule has 0 aliphatic heterocycles. The summed E-state index contributed by atoms with van der Waals surface area (Å²) in [6.45, 7) is 6.24. The molecule has 1 saturated carbocycles. The number of unbranched alkanes of at least 4 members (excludes halogenated alkanes) is 2. The predicted octanol–water partition coefficient (Wildman–Crippen LogP) is 2.23. The van der Waals surface area contributed by atoms with Gasteiger partial charge in [0.2, 0.25) is 5.91 Å². The van der Waals surface area contributed by atoms with E-state index in [1.807, 2.05) is 6.92 Å². The van der Waals surface area contributed by atoms with Crippen molar-refractivity contribution in [2.45, 2.75) is 65.3 Å². The minimum Gasteiger partial charge on any atom is -0.409 e. The molecule has 1 aliphatic rings. The van der Waals surface area contributed by atoms with Crippen molar-refractivity contribution in [3.8, 4) is 0 Å². The number of rotatable bonds is 7. The second-order valence-corrected chi connectivity index (χ2v) is 5.95. The van der Waals surface area contributed by atoms with Gasteiger partial charge in [-0.05, 0) is 32.1 Å².